The lowest BCUT2D eigenvalue weighted by atomic mass is 9.88. The predicted octanol–water partition coefficient (Wildman–Crippen LogP) is 4.80. The summed E-state index contributed by atoms with van der Waals surface area (Å²) in [4.78, 5) is 16.9. The van der Waals surface area contributed by atoms with E-state index in [1.165, 1.54) is 30.6 Å². The largest absolute Gasteiger partial charge is 0.366 e. The summed E-state index contributed by atoms with van der Waals surface area (Å²) in [6.45, 7) is 4.68. The highest BCUT2D eigenvalue weighted by Gasteiger charge is 2.29. The van der Waals surface area contributed by atoms with Gasteiger partial charge < -0.3 is 16.0 Å². The van der Waals surface area contributed by atoms with Gasteiger partial charge in [0.15, 0.2) is 0 Å². The van der Waals surface area contributed by atoms with Gasteiger partial charge in [0.05, 0.1) is 16.8 Å². The predicted molar refractivity (Wildman–Crippen MR) is 147 cm³/mol. The summed E-state index contributed by atoms with van der Waals surface area (Å²) in [6, 6.07) is 6.25. The Balaban J connectivity index is 1.37. The van der Waals surface area contributed by atoms with Crippen LogP contribution in [0.2, 0.25) is 0 Å². The van der Waals surface area contributed by atoms with Crippen LogP contribution in [-0.4, -0.2) is 49.0 Å². The number of nitrogens with one attached hydrogen (secondary N) is 2. The van der Waals surface area contributed by atoms with Gasteiger partial charge in [-0.2, -0.15) is 0 Å². The third-order valence-corrected chi connectivity index (χ3v) is 10.8. The number of carbonyl (C=O) groups excluding carboxylic acids is 1. The molecule has 194 valence electrons. The van der Waals surface area contributed by atoms with Crippen molar-refractivity contribution in [3.05, 3.63) is 45.8 Å². The molecule has 0 spiro atoms. The number of benzene rings is 1. The number of hydrogen-bond donors (Lipinski definition) is 3. The molecular weight excluding hydrogens is 492 g/mol. The molecule has 3 aromatic rings. The second-order valence-corrected chi connectivity index (χ2v) is 13.5. The fourth-order valence-electron chi connectivity index (χ4n) is 5.82. The molecule has 1 amide bonds. The van der Waals surface area contributed by atoms with Crippen LogP contribution in [-0.2, 0) is 16.6 Å². The van der Waals surface area contributed by atoms with Crippen LogP contribution in [0.5, 0.6) is 0 Å². The number of amides is 1. The van der Waals surface area contributed by atoms with Gasteiger partial charge in [0.1, 0.15) is 0 Å². The number of H-pyrrole nitrogens is 1. The minimum Gasteiger partial charge on any atom is -0.366 e. The van der Waals surface area contributed by atoms with Gasteiger partial charge in [-0.1, -0.05) is 12.8 Å². The fraction of sp³-hybridized carbons (Fsp3) is 0.519. The Hall–Kier alpha value is -2.20. The number of aromatic amines is 1. The number of thiophene rings is 1. The van der Waals surface area contributed by atoms with Crippen LogP contribution in [0, 0.1) is 5.92 Å². The maximum Gasteiger partial charge on any atom is 0.250 e. The van der Waals surface area contributed by atoms with Gasteiger partial charge in [-0.05, 0) is 91.3 Å². The summed E-state index contributed by atoms with van der Waals surface area (Å²) in [5.41, 5.74) is 10.3. The summed E-state index contributed by atoms with van der Waals surface area (Å²) in [7, 11) is -3.17. The molecule has 1 aromatic carbocycles. The number of piperidine rings is 1. The van der Waals surface area contributed by atoms with Crippen LogP contribution in [0.25, 0.3) is 22.0 Å². The summed E-state index contributed by atoms with van der Waals surface area (Å²) in [6.07, 6.45) is 8.89. The van der Waals surface area contributed by atoms with Crippen LogP contribution in [0.1, 0.15) is 72.2 Å². The van der Waals surface area contributed by atoms with E-state index in [0.29, 0.717) is 18.7 Å². The van der Waals surface area contributed by atoms with Gasteiger partial charge >= 0.3 is 0 Å². The average molecular weight is 529 g/mol. The van der Waals surface area contributed by atoms with Gasteiger partial charge in [-0.3, -0.25) is 4.79 Å². The molecule has 7 nitrogen and oxygen atoms in total. The topological polar surface area (TPSA) is 108 Å². The Morgan fingerprint density at radius 1 is 1.14 bits per heavy atom. The second-order valence-electron chi connectivity index (χ2n) is 10.2. The highest BCUT2D eigenvalue weighted by Crippen LogP contribution is 2.38. The van der Waals surface area contributed by atoms with Gasteiger partial charge in [0.2, 0.25) is 10.0 Å². The number of aromatic nitrogens is 1. The van der Waals surface area contributed by atoms with Crippen LogP contribution in [0.3, 0.4) is 0 Å². The van der Waals surface area contributed by atoms with Crippen molar-refractivity contribution in [2.45, 2.75) is 57.9 Å². The molecule has 1 aliphatic carbocycles. The molecule has 2 aromatic heterocycles. The SMILES string of the molecule is CCS(=O)(=O)N1CCC(c2c[nH]c3c(C(N)=O)cc(-c4csc(CNCC5CCCC5)c4)cc23)CC1. The fourth-order valence-corrected chi connectivity index (χ4v) is 7.81. The molecule has 3 heterocycles. The van der Waals surface area contributed by atoms with E-state index >= 15 is 0 Å². The minimum absolute atomic E-state index is 0.134. The normalized spacial score (nSPS) is 18.4. The number of sulfonamides is 1. The third kappa shape index (κ3) is 5.25. The van der Waals surface area contributed by atoms with E-state index in [4.69, 9.17) is 5.73 Å². The number of rotatable bonds is 9. The number of nitrogens with two attached hydrogens (primary N) is 1. The molecule has 5 rings (SSSR count). The first kappa shape index (κ1) is 25.4. The third-order valence-electron chi connectivity index (χ3n) is 7.93. The van der Waals surface area contributed by atoms with Gasteiger partial charge in [-0.25, -0.2) is 12.7 Å². The van der Waals surface area contributed by atoms with Gasteiger partial charge in [0, 0.05) is 36.1 Å². The van der Waals surface area contributed by atoms with E-state index in [1.54, 1.807) is 22.6 Å². The lowest BCUT2D eigenvalue weighted by molar-refractivity contribution is 0.100. The first-order valence-electron chi connectivity index (χ1n) is 13.1. The van der Waals surface area contributed by atoms with Crippen LogP contribution < -0.4 is 11.1 Å². The molecule has 0 radical (unpaired) electrons. The highest BCUT2D eigenvalue weighted by molar-refractivity contribution is 7.89. The van der Waals surface area contributed by atoms with Crippen LogP contribution in [0.4, 0.5) is 0 Å². The molecule has 4 N–H and O–H groups in total. The smallest absolute Gasteiger partial charge is 0.250 e. The van der Waals surface area contributed by atoms with Crippen molar-refractivity contribution in [3.8, 4) is 11.1 Å². The maximum atomic E-state index is 12.4. The lowest BCUT2D eigenvalue weighted by Crippen LogP contribution is -2.38. The van der Waals surface area contributed by atoms with E-state index in [0.717, 1.165) is 59.4 Å². The molecule has 0 bridgehead atoms. The molecular formula is C27H36N4O3S2. The van der Waals surface area contributed by atoms with E-state index in [1.807, 2.05) is 12.3 Å². The number of nitrogens with zero attached hydrogens (tertiary/aromatic N) is 1. The van der Waals surface area contributed by atoms with Gasteiger partial charge in [-0.15, -0.1) is 11.3 Å². The molecule has 1 saturated heterocycles. The van der Waals surface area contributed by atoms with Crippen molar-refractivity contribution in [1.29, 1.82) is 0 Å². The van der Waals surface area contributed by atoms with Crippen molar-refractivity contribution in [2.75, 3.05) is 25.4 Å². The van der Waals surface area contributed by atoms with Crippen LogP contribution >= 0.6 is 11.3 Å². The van der Waals surface area contributed by atoms with E-state index in [-0.39, 0.29) is 11.7 Å². The number of primary amides is 1. The lowest BCUT2D eigenvalue weighted by Gasteiger charge is -2.31. The molecule has 0 unspecified atom stereocenters. The summed E-state index contributed by atoms with van der Waals surface area (Å²) < 4.78 is 26.2. The van der Waals surface area contributed by atoms with Crippen molar-refractivity contribution in [3.63, 3.8) is 0 Å². The molecule has 0 atom stereocenters. The molecule has 2 aliphatic rings. The Labute approximate surface area is 217 Å². The standard InChI is InChI=1S/C27H36N4O3S2/c1-2-36(33,34)31-9-7-19(8-10-31)25-16-30-26-23(25)12-20(13-24(26)27(28)32)21-11-22(35-17-21)15-29-14-18-5-3-4-6-18/h11-13,16-19,29-30H,2-10,14-15H2,1H3,(H2,28,32). The van der Waals surface area contributed by atoms with Gasteiger partial charge in [0.25, 0.3) is 5.91 Å². The Morgan fingerprint density at radius 3 is 2.58 bits per heavy atom. The van der Waals surface area contributed by atoms with E-state index < -0.39 is 15.9 Å². The van der Waals surface area contributed by atoms with E-state index in [9.17, 15) is 13.2 Å². The second kappa shape index (κ2) is 10.7. The van der Waals surface area contributed by atoms with Crippen LogP contribution in [0.15, 0.2) is 29.8 Å². The summed E-state index contributed by atoms with van der Waals surface area (Å²) in [5.74, 6) is 0.726. The monoisotopic (exact) mass is 528 g/mol. The Bertz CT molecular complexity index is 1330. The highest BCUT2D eigenvalue weighted by atomic mass is 32.2. The molecule has 36 heavy (non-hydrogen) atoms. The van der Waals surface area contributed by atoms with Crippen molar-refractivity contribution in [1.82, 2.24) is 14.6 Å². The minimum atomic E-state index is -3.17. The quantitative estimate of drug-likeness (QED) is 0.371. The summed E-state index contributed by atoms with van der Waals surface area (Å²) in [5, 5.41) is 6.78. The number of hydrogen-bond acceptors (Lipinski definition) is 5. The van der Waals surface area contributed by atoms with Crippen molar-refractivity contribution in [2.24, 2.45) is 11.7 Å². The first-order chi connectivity index (χ1) is 17.4. The van der Waals surface area contributed by atoms with E-state index in [2.05, 4.69) is 27.8 Å². The first-order valence-corrected chi connectivity index (χ1v) is 15.6. The van der Waals surface area contributed by atoms with Crippen molar-refractivity contribution >= 4 is 38.2 Å². The summed E-state index contributed by atoms with van der Waals surface area (Å²) >= 11 is 1.74. The zero-order valence-electron chi connectivity index (χ0n) is 20.9. The Kier molecular flexibility index (Phi) is 7.53. The number of fused-ring (bicyclic) bond motifs is 1. The zero-order chi connectivity index (χ0) is 25.3. The molecule has 1 saturated carbocycles. The zero-order valence-corrected chi connectivity index (χ0v) is 22.5. The maximum absolute atomic E-state index is 12.4. The molecule has 1 aliphatic heterocycles. The Morgan fingerprint density at radius 2 is 1.89 bits per heavy atom. The van der Waals surface area contributed by atoms with Crippen molar-refractivity contribution < 1.29 is 13.2 Å². The number of carbonyl (C=O) groups is 1. The molecule has 9 heteroatoms. The molecule has 2 fully saturated rings. The average Bonchev–Trinajstić information content (AvgIpc) is 3.64.